The molecule has 0 bridgehead atoms. The van der Waals surface area contributed by atoms with Crippen LogP contribution in [0.15, 0.2) is 24.3 Å². The highest BCUT2D eigenvalue weighted by Gasteiger charge is 2.27. The standard InChI is InChI=1S/C30H38O5/c1-10-19(6)14-15-23(31)25-20(7)16-22-27(30(25)35-18(4)5)29(33-9)26-21(28(22)32-8)12-11-13-24(26)34-17(2)3/h11-13,16-19,23,31H,10H2,1-9H3/t19-,23?/m0/s1. The zero-order valence-corrected chi connectivity index (χ0v) is 22.4. The maximum Gasteiger partial charge on any atom is 0.144 e. The molecule has 0 heterocycles. The van der Waals surface area contributed by atoms with Crippen LogP contribution >= 0.6 is 0 Å². The Morgan fingerprint density at radius 3 is 2.06 bits per heavy atom. The lowest BCUT2D eigenvalue weighted by Gasteiger charge is -2.24. The lowest BCUT2D eigenvalue weighted by Crippen LogP contribution is -2.12. The fraction of sp³-hybridized carbons (Fsp3) is 0.467. The molecule has 3 rings (SSSR count). The number of aryl methyl sites for hydroxylation is 1. The van der Waals surface area contributed by atoms with Gasteiger partial charge in [0.15, 0.2) is 0 Å². The number of methoxy groups -OCH3 is 2. The Balaban J connectivity index is 2.54. The molecule has 0 fully saturated rings. The number of fused-ring (bicyclic) bond motifs is 2. The van der Waals surface area contributed by atoms with E-state index in [0.717, 1.165) is 33.5 Å². The number of rotatable bonds is 8. The molecule has 0 amide bonds. The minimum atomic E-state index is -1.00. The van der Waals surface area contributed by atoms with Crippen LogP contribution in [0.3, 0.4) is 0 Å². The molecule has 1 N–H and O–H groups in total. The fourth-order valence-electron chi connectivity index (χ4n) is 4.30. The Kier molecular flexibility index (Phi) is 8.40. The predicted octanol–water partition coefficient (Wildman–Crippen LogP) is 6.98. The van der Waals surface area contributed by atoms with Gasteiger partial charge in [0.1, 0.15) is 29.1 Å². The summed E-state index contributed by atoms with van der Waals surface area (Å²) in [5.74, 6) is 8.96. The van der Waals surface area contributed by atoms with E-state index in [1.807, 2.05) is 58.9 Å². The summed E-state index contributed by atoms with van der Waals surface area (Å²) in [4.78, 5) is 0. The summed E-state index contributed by atoms with van der Waals surface area (Å²) in [5.41, 5.74) is 1.51. The smallest absolute Gasteiger partial charge is 0.144 e. The molecule has 0 aliphatic heterocycles. The monoisotopic (exact) mass is 478 g/mol. The van der Waals surface area contributed by atoms with Crippen LogP contribution in [0.5, 0.6) is 23.0 Å². The molecule has 3 aromatic rings. The second-order valence-corrected chi connectivity index (χ2v) is 9.44. The number of ether oxygens (including phenoxy) is 4. The SMILES string of the molecule is CC[C@H](C)C#CC(O)c1c(C)cc2c(OC)c3cccc(OC(C)C)c3c(OC)c2c1OC(C)C. The van der Waals surface area contributed by atoms with E-state index in [1.165, 1.54) is 0 Å². The molecule has 188 valence electrons. The highest BCUT2D eigenvalue weighted by atomic mass is 16.5. The van der Waals surface area contributed by atoms with Gasteiger partial charge in [0.2, 0.25) is 0 Å². The first-order valence-electron chi connectivity index (χ1n) is 12.3. The van der Waals surface area contributed by atoms with E-state index in [4.69, 9.17) is 18.9 Å². The van der Waals surface area contributed by atoms with Crippen molar-refractivity contribution in [1.29, 1.82) is 0 Å². The summed E-state index contributed by atoms with van der Waals surface area (Å²) >= 11 is 0. The first-order valence-corrected chi connectivity index (χ1v) is 12.3. The topological polar surface area (TPSA) is 57.2 Å². The van der Waals surface area contributed by atoms with Crippen LogP contribution in [0.4, 0.5) is 0 Å². The summed E-state index contributed by atoms with van der Waals surface area (Å²) in [5, 5.41) is 14.5. The number of hydrogen-bond acceptors (Lipinski definition) is 5. The number of benzene rings is 3. The van der Waals surface area contributed by atoms with E-state index < -0.39 is 6.10 Å². The highest BCUT2D eigenvalue weighted by molar-refractivity contribution is 6.15. The van der Waals surface area contributed by atoms with Crippen molar-refractivity contribution in [3.8, 4) is 34.8 Å². The first-order chi connectivity index (χ1) is 16.6. The van der Waals surface area contributed by atoms with E-state index in [-0.39, 0.29) is 18.1 Å². The molecule has 0 radical (unpaired) electrons. The van der Waals surface area contributed by atoms with Crippen molar-refractivity contribution in [1.82, 2.24) is 0 Å². The Hall–Kier alpha value is -3.10. The third kappa shape index (κ3) is 5.28. The fourth-order valence-corrected chi connectivity index (χ4v) is 4.30. The number of aliphatic hydroxyl groups is 1. The molecule has 1 unspecified atom stereocenters. The molecule has 35 heavy (non-hydrogen) atoms. The van der Waals surface area contributed by atoms with E-state index in [0.29, 0.717) is 28.6 Å². The van der Waals surface area contributed by atoms with Gasteiger partial charge in [0, 0.05) is 22.3 Å². The van der Waals surface area contributed by atoms with Crippen LogP contribution in [-0.4, -0.2) is 31.5 Å². The quantitative estimate of drug-likeness (QED) is 0.280. The van der Waals surface area contributed by atoms with Crippen molar-refractivity contribution in [2.24, 2.45) is 5.92 Å². The van der Waals surface area contributed by atoms with Crippen LogP contribution < -0.4 is 18.9 Å². The maximum atomic E-state index is 11.2. The third-order valence-electron chi connectivity index (χ3n) is 5.97. The van der Waals surface area contributed by atoms with Crippen LogP contribution in [-0.2, 0) is 0 Å². The summed E-state index contributed by atoms with van der Waals surface area (Å²) < 4.78 is 24.6. The Morgan fingerprint density at radius 2 is 1.49 bits per heavy atom. The predicted molar refractivity (Wildman–Crippen MR) is 143 cm³/mol. The zero-order valence-electron chi connectivity index (χ0n) is 22.4. The van der Waals surface area contributed by atoms with E-state index in [1.54, 1.807) is 14.2 Å². The summed E-state index contributed by atoms with van der Waals surface area (Å²) in [6, 6.07) is 7.90. The average molecular weight is 479 g/mol. The highest BCUT2D eigenvalue weighted by Crippen LogP contribution is 2.52. The molecule has 2 atom stereocenters. The molecule has 0 aromatic heterocycles. The van der Waals surface area contributed by atoms with E-state index in [2.05, 4.69) is 25.7 Å². The lowest BCUT2D eigenvalue weighted by molar-refractivity contribution is 0.210. The van der Waals surface area contributed by atoms with Crippen LogP contribution in [0.1, 0.15) is 65.2 Å². The average Bonchev–Trinajstić information content (AvgIpc) is 2.80. The van der Waals surface area contributed by atoms with Gasteiger partial charge in [-0.15, -0.1) is 0 Å². The summed E-state index contributed by atoms with van der Waals surface area (Å²) in [6.07, 6.45) is -0.246. The second kappa shape index (κ2) is 11.1. The lowest BCUT2D eigenvalue weighted by atomic mass is 9.92. The maximum absolute atomic E-state index is 11.2. The van der Waals surface area contributed by atoms with Crippen molar-refractivity contribution in [3.05, 3.63) is 35.4 Å². The molecule has 5 nitrogen and oxygen atoms in total. The third-order valence-corrected chi connectivity index (χ3v) is 5.97. The van der Waals surface area contributed by atoms with Crippen molar-refractivity contribution in [2.75, 3.05) is 14.2 Å². The zero-order chi connectivity index (χ0) is 25.9. The molecule has 0 aliphatic carbocycles. The van der Waals surface area contributed by atoms with Gasteiger partial charge in [-0.3, -0.25) is 0 Å². The van der Waals surface area contributed by atoms with E-state index in [9.17, 15) is 5.11 Å². The molecular weight excluding hydrogens is 440 g/mol. The van der Waals surface area contributed by atoms with Crippen molar-refractivity contribution in [2.45, 2.75) is 73.2 Å². The number of aliphatic hydroxyl groups excluding tert-OH is 1. The van der Waals surface area contributed by atoms with Crippen molar-refractivity contribution >= 4 is 21.5 Å². The summed E-state index contributed by atoms with van der Waals surface area (Å²) in [7, 11) is 3.31. The van der Waals surface area contributed by atoms with Gasteiger partial charge in [-0.1, -0.05) is 37.8 Å². The minimum Gasteiger partial charge on any atom is -0.495 e. The molecule has 3 aromatic carbocycles. The second-order valence-electron chi connectivity index (χ2n) is 9.44. The molecule has 0 spiro atoms. The van der Waals surface area contributed by atoms with Crippen molar-refractivity contribution in [3.63, 3.8) is 0 Å². The number of hydrogen-bond donors (Lipinski definition) is 1. The van der Waals surface area contributed by atoms with Gasteiger partial charge in [-0.05, 0) is 58.7 Å². The summed E-state index contributed by atoms with van der Waals surface area (Å²) in [6.45, 7) is 14.0. The normalized spacial score (nSPS) is 13.0. The van der Waals surface area contributed by atoms with Gasteiger partial charge in [-0.25, -0.2) is 0 Å². The largest absolute Gasteiger partial charge is 0.495 e. The molecule has 0 aliphatic rings. The van der Waals surface area contributed by atoms with Crippen LogP contribution in [0.25, 0.3) is 21.5 Å². The molecule has 0 saturated heterocycles. The first kappa shape index (κ1) is 26.5. The van der Waals surface area contributed by atoms with Gasteiger partial charge in [0.05, 0.1) is 37.2 Å². The Bertz CT molecular complexity index is 1260. The minimum absolute atomic E-state index is 0.0235. The Labute approximate surface area is 209 Å². The van der Waals surface area contributed by atoms with Gasteiger partial charge in [0.25, 0.3) is 0 Å². The van der Waals surface area contributed by atoms with Crippen LogP contribution in [0, 0.1) is 24.7 Å². The van der Waals surface area contributed by atoms with Crippen LogP contribution in [0.2, 0.25) is 0 Å². The van der Waals surface area contributed by atoms with E-state index >= 15 is 0 Å². The molecular formula is C30H38O5. The van der Waals surface area contributed by atoms with Gasteiger partial charge in [-0.2, -0.15) is 0 Å². The van der Waals surface area contributed by atoms with Gasteiger partial charge >= 0.3 is 0 Å². The molecule has 5 heteroatoms. The molecule has 0 saturated carbocycles. The van der Waals surface area contributed by atoms with Crippen molar-refractivity contribution < 1.29 is 24.1 Å². The van der Waals surface area contributed by atoms with Gasteiger partial charge < -0.3 is 24.1 Å². The Morgan fingerprint density at radius 1 is 0.829 bits per heavy atom.